The summed E-state index contributed by atoms with van der Waals surface area (Å²) < 4.78 is 0. The molecule has 0 aliphatic heterocycles. The van der Waals surface area contributed by atoms with Gasteiger partial charge in [-0.2, -0.15) is 0 Å². The van der Waals surface area contributed by atoms with Crippen LogP contribution in [0.5, 0.6) is 0 Å². The van der Waals surface area contributed by atoms with E-state index in [1.807, 2.05) is 18.2 Å². The minimum Gasteiger partial charge on any atom is -0.481 e. The Bertz CT molecular complexity index is 625. The van der Waals surface area contributed by atoms with E-state index in [0.717, 1.165) is 75.3 Å². The Labute approximate surface area is 169 Å². The third-order valence-corrected chi connectivity index (χ3v) is 6.06. The Kier molecular flexibility index (Phi) is 9.69. The molecule has 4 heteroatoms. The predicted octanol–water partition coefficient (Wildman–Crippen LogP) is 5.73. The van der Waals surface area contributed by atoms with Gasteiger partial charge in [0, 0.05) is 17.9 Å². The van der Waals surface area contributed by atoms with Crippen LogP contribution in [0.1, 0.15) is 106 Å². The molecule has 2 N–H and O–H groups in total. The van der Waals surface area contributed by atoms with E-state index in [9.17, 15) is 14.7 Å². The third-order valence-electron chi connectivity index (χ3n) is 6.06. The van der Waals surface area contributed by atoms with Gasteiger partial charge in [0.05, 0.1) is 6.10 Å². The van der Waals surface area contributed by atoms with Crippen molar-refractivity contribution in [3.63, 3.8) is 0 Å². The molecule has 0 radical (unpaired) electrons. The molecular weight excluding hydrogens is 352 g/mol. The SMILES string of the molecule is CCCCCC(O)CCC1c2ccccc2C(=O)C1CCCCCCC(=O)O. The normalized spacial score (nSPS) is 19.6. The molecule has 3 unspecified atom stereocenters. The molecule has 4 nitrogen and oxygen atoms in total. The number of rotatable bonds is 14. The van der Waals surface area contributed by atoms with Crippen LogP contribution in [0, 0.1) is 5.92 Å². The summed E-state index contributed by atoms with van der Waals surface area (Å²) in [7, 11) is 0. The van der Waals surface area contributed by atoms with E-state index >= 15 is 0 Å². The second-order valence-corrected chi connectivity index (χ2v) is 8.24. The van der Waals surface area contributed by atoms with Gasteiger partial charge in [-0.05, 0) is 43.6 Å². The van der Waals surface area contributed by atoms with Crippen molar-refractivity contribution in [3.05, 3.63) is 35.4 Å². The molecule has 0 fully saturated rings. The first kappa shape index (κ1) is 22.6. The summed E-state index contributed by atoms with van der Waals surface area (Å²) in [6.45, 7) is 2.17. The molecule has 2 rings (SSSR count). The number of aliphatic hydroxyl groups is 1. The minimum absolute atomic E-state index is 0.0136. The second-order valence-electron chi connectivity index (χ2n) is 8.24. The van der Waals surface area contributed by atoms with Crippen LogP contribution in [-0.2, 0) is 4.79 Å². The number of aliphatic carboxylic acids is 1. The Morgan fingerprint density at radius 3 is 2.46 bits per heavy atom. The van der Waals surface area contributed by atoms with Crippen LogP contribution in [0.2, 0.25) is 0 Å². The minimum atomic E-state index is -0.737. The fourth-order valence-corrected chi connectivity index (χ4v) is 4.47. The number of carbonyl (C=O) groups is 2. The Hall–Kier alpha value is -1.68. The van der Waals surface area contributed by atoms with E-state index in [1.54, 1.807) is 0 Å². The molecule has 1 aromatic rings. The van der Waals surface area contributed by atoms with E-state index in [-0.39, 0.29) is 30.1 Å². The maximum Gasteiger partial charge on any atom is 0.303 e. The number of fused-ring (bicyclic) bond motifs is 1. The molecular formula is C24H36O4. The highest BCUT2D eigenvalue weighted by molar-refractivity contribution is 6.03. The highest BCUT2D eigenvalue weighted by atomic mass is 16.4. The fourth-order valence-electron chi connectivity index (χ4n) is 4.47. The number of hydrogen-bond acceptors (Lipinski definition) is 3. The molecule has 0 aromatic heterocycles. The van der Waals surface area contributed by atoms with Crippen molar-refractivity contribution < 1.29 is 19.8 Å². The molecule has 28 heavy (non-hydrogen) atoms. The number of Topliss-reactive ketones (excluding diaryl/α,β-unsaturated/α-hetero) is 1. The first-order valence-corrected chi connectivity index (χ1v) is 11.1. The maximum absolute atomic E-state index is 12.9. The van der Waals surface area contributed by atoms with Crippen molar-refractivity contribution in [2.45, 2.75) is 96.0 Å². The number of ketones is 1. The summed E-state index contributed by atoms with van der Waals surface area (Å²) in [5.41, 5.74) is 2.02. The van der Waals surface area contributed by atoms with Crippen LogP contribution in [0.4, 0.5) is 0 Å². The molecule has 1 aromatic carbocycles. The lowest BCUT2D eigenvalue weighted by Gasteiger charge is -2.21. The van der Waals surface area contributed by atoms with Crippen molar-refractivity contribution in [1.29, 1.82) is 0 Å². The van der Waals surface area contributed by atoms with Gasteiger partial charge in [-0.3, -0.25) is 9.59 Å². The highest BCUT2D eigenvalue weighted by Gasteiger charge is 2.38. The standard InChI is InChI=1S/C24H36O4/c1-2-3-6-11-18(25)16-17-20-19-12-9-10-14-21(19)24(28)22(20)13-7-4-5-8-15-23(26)27/h9-10,12,14,18,20,22,25H,2-8,11,13,15-17H2,1H3,(H,26,27). The van der Waals surface area contributed by atoms with Gasteiger partial charge in [-0.15, -0.1) is 0 Å². The van der Waals surface area contributed by atoms with Crippen LogP contribution in [0.15, 0.2) is 24.3 Å². The summed E-state index contributed by atoms with van der Waals surface area (Å²) in [6, 6.07) is 7.95. The van der Waals surface area contributed by atoms with Gasteiger partial charge in [0.25, 0.3) is 0 Å². The van der Waals surface area contributed by atoms with E-state index < -0.39 is 5.97 Å². The van der Waals surface area contributed by atoms with Gasteiger partial charge < -0.3 is 10.2 Å². The third kappa shape index (κ3) is 6.73. The van der Waals surface area contributed by atoms with Crippen LogP contribution in [0.25, 0.3) is 0 Å². The van der Waals surface area contributed by atoms with Gasteiger partial charge in [0.15, 0.2) is 5.78 Å². The molecule has 0 amide bonds. The zero-order chi connectivity index (χ0) is 20.4. The first-order valence-electron chi connectivity index (χ1n) is 11.1. The predicted molar refractivity (Wildman–Crippen MR) is 112 cm³/mol. The number of carboxylic acids is 1. The van der Waals surface area contributed by atoms with E-state index in [4.69, 9.17) is 5.11 Å². The summed E-state index contributed by atoms with van der Waals surface area (Å²) >= 11 is 0. The first-order chi connectivity index (χ1) is 13.5. The van der Waals surface area contributed by atoms with Crippen molar-refractivity contribution >= 4 is 11.8 Å². The number of aliphatic hydroxyl groups excluding tert-OH is 1. The number of carbonyl (C=O) groups excluding carboxylic acids is 1. The molecule has 0 saturated carbocycles. The molecule has 0 heterocycles. The van der Waals surface area contributed by atoms with E-state index in [2.05, 4.69) is 13.0 Å². The van der Waals surface area contributed by atoms with Crippen molar-refractivity contribution in [1.82, 2.24) is 0 Å². The van der Waals surface area contributed by atoms with Gasteiger partial charge in [-0.1, -0.05) is 69.7 Å². The van der Waals surface area contributed by atoms with Gasteiger partial charge >= 0.3 is 5.97 Å². The Balaban J connectivity index is 1.88. The van der Waals surface area contributed by atoms with Crippen LogP contribution >= 0.6 is 0 Å². The van der Waals surface area contributed by atoms with Crippen molar-refractivity contribution in [2.75, 3.05) is 0 Å². The average molecular weight is 389 g/mol. The van der Waals surface area contributed by atoms with Gasteiger partial charge in [0.2, 0.25) is 0 Å². The average Bonchev–Trinajstić information content (AvgIpc) is 2.94. The second kappa shape index (κ2) is 12.0. The molecule has 0 bridgehead atoms. The number of hydrogen-bond donors (Lipinski definition) is 2. The highest BCUT2D eigenvalue weighted by Crippen LogP contribution is 2.43. The number of unbranched alkanes of at least 4 members (excludes halogenated alkanes) is 5. The van der Waals surface area contributed by atoms with E-state index in [0.29, 0.717) is 6.42 Å². The largest absolute Gasteiger partial charge is 0.481 e. The maximum atomic E-state index is 12.9. The summed E-state index contributed by atoms with van der Waals surface area (Å²) in [5, 5.41) is 19.0. The lowest BCUT2D eigenvalue weighted by Crippen LogP contribution is -2.16. The summed E-state index contributed by atoms with van der Waals surface area (Å²) in [5.74, 6) is -0.256. The van der Waals surface area contributed by atoms with Crippen LogP contribution in [-0.4, -0.2) is 28.1 Å². The topological polar surface area (TPSA) is 74.6 Å². The lowest BCUT2D eigenvalue weighted by atomic mass is 9.83. The molecule has 1 aliphatic rings. The molecule has 3 atom stereocenters. The van der Waals surface area contributed by atoms with E-state index in [1.165, 1.54) is 0 Å². The van der Waals surface area contributed by atoms with Gasteiger partial charge in [-0.25, -0.2) is 0 Å². The zero-order valence-electron chi connectivity index (χ0n) is 17.2. The van der Waals surface area contributed by atoms with Crippen molar-refractivity contribution in [2.24, 2.45) is 5.92 Å². The van der Waals surface area contributed by atoms with Crippen LogP contribution < -0.4 is 0 Å². The summed E-state index contributed by atoms with van der Waals surface area (Å²) in [6.07, 6.45) is 10.2. The molecule has 0 spiro atoms. The van der Waals surface area contributed by atoms with Crippen LogP contribution in [0.3, 0.4) is 0 Å². The fraction of sp³-hybridized carbons (Fsp3) is 0.667. The number of carboxylic acid groups (broad SMARTS) is 1. The Morgan fingerprint density at radius 1 is 0.964 bits per heavy atom. The van der Waals surface area contributed by atoms with Crippen molar-refractivity contribution in [3.8, 4) is 0 Å². The molecule has 156 valence electrons. The monoisotopic (exact) mass is 388 g/mol. The summed E-state index contributed by atoms with van der Waals surface area (Å²) in [4.78, 5) is 23.5. The number of benzene rings is 1. The zero-order valence-corrected chi connectivity index (χ0v) is 17.2. The lowest BCUT2D eigenvalue weighted by molar-refractivity contribution is -0.137. The smallest absolute Gasteiger partial charge is 0.303 e. The Morgan fingerprint density at radius 2 is 1.71 bits per heavy atom. The molecule has 0 saturated heterocycles. The van der Waals surface area contributed by atoms with Gasteiger partial charge in [0.1, 0.15) is 0 Å². The molecule has 1 aliphatic carbocycles. The quantitative estimate of drug-likeness (QED) is 0.399.